The Kier molecular flexibility index (Phi) is 9.78. The molecule has 2 unspecified atom stereocenters. The Morgan fingerprint density at radius 2 is 1.63 bits per heavy atom. The third kappa shape index (κ3) is 6.79. The molecule has 116 valence electrons. The molecule has 0 rings (SSSR count). The lowest BCUT2D eigenvalue weighted by Crippen LogP contribution is -2.31. The van der Waals surface area contributed by atoms with Crippen LogP contribution >= 0.6 is 0 Å². The van der Waals surface area contributed by atoms with Crippen LogP contribution in [0.1, 0.15) is 86.5 Å². The molecule has 0 heterocycles. The predicted octanol–water partition coefficient (Wildman–Crippen LogP) is 5.63. The van der Waals surface area contributed by atoms with Gasteiger partial charge < -0.3 is 5.73 Å². The molecule has 0 amide bonds. The highest BCUT2D eigenvalue weighted by Crippen LogP contribution is 2.41. The topological polar surface area (TPSA) is 26.0 Å². The van der Waals surface area contributed by atoms with Gasteiger partial charge in [0.25, 0.3) is 0 Å². The molecule has 0 aliphatic rings. The van der Waals surface area contributed by atoms with E-state index in [0.29, 0.717) is 5.41 Å². The second kappa shape index (κ2) is 9.80. The van der Waals surface area contributed by atoms with Gasteiger partial charge in [0.05, 0.1) is 0 Å². The number of nitrogens with two attached hydrogens (primary N) is 1. The summed E-state index contributed by atoms with van der Waals surface area (Å²) >= 11 is 0. The van der Waals surface area contributed by atoms with Gasteiger partial charge in [0.2, 0.25) is 0 Å². The summed E-state index contributed by atoms with van der Waals surface area (Å²) in [6, 6.07) is 0. The van der Waals surface area contributed by atoms with Gasteiger partial charge in [0.1, 0.15) is 0 Å². The lowest BCUT2D eigenvalue weighted by Gasteiger charge is -2.39. The fourth-order valence-electron chi connectivity index (χ4n) is 3.31. The minimum atomic E-state index is 0.432. The fourth-order valence-corrected chi connectivity index (χ4v) is 3.31. The van der Waals surface area contributed by atoms with Crippen molar-refractivity contribution < 1.29 is 0 Å². The zero-order valence-corrected chi connectivity index (χ0v) is 14.5. The van der Waals surface area contributed by atoms with Crippen LogP contribution in [0.15, 0.2) is 0 Å². The monoisotopic (exact) mass is 269 g/mol. The van der Waals surface area contributed by atoms with Gasteiger partial charge in [0.15, 0.2) is 0 Å². The first kappa shape index (κ1) is 19.0. The largest absolute Gasteiger partial charge is 0.330 e. The molecule has 0 aliphatic heterocycles. The van der Waals surface area contributed by atoms with Crippen molar-refractivity contribution in [2.75, 3.05) is 6.54 Å². The summed E-state index contributed by atoms with van der Waals surface area (Å²) in [4.78, 5) is 0. The van der Waals surface area contributed by atoms with Crippen molar-refractivity contribution in [3.05, 3.63) is 0 Å². The van der Waals surface area contributed by atoms with Gasteiger partial charge in [-0.15, -0.1) is 0 Å². The van der Waals surface area contributed by atoms with Gasteiger partial charge in [-0.05, 0) is 42.6 Å². The highest BCUT2D eigenvalue weighted by atomic mass is 14.5. The highest BCUT2D eigenvalue weighted by molar-refractivity contribution is 4.83. The Morgan fingerprint density at radius 1 is 1.00 bits per heavy atom. The van der Waals surface area contributed by atoms with Crippen LogP contribution < -0.4 is 5.73 Å². The predicted molar refractivity (Wildman–Crippen MR) is 88.3 cm³/mol. The Labute approximate surface area is 122 Å². The Bertz CT molecular complexity index is 214. The SMILES string of the molecule is CCCCCC(C)[C@@H](C)CC(C)(CCN)[C@@H](C)CC. The van der Waals surface area contributed by atoms with Gasteiger partial charge in [0, 0.05) is 0 Å². The maximum absolute atomic E-state index is 5.86. The summed E-state index contributed by atoms with van der Waals surface area (Å²) < 4.78 is 0. The molecule has 0 aromatic carbocycles. The minimum Gasteiger partial charge on any atom is -0.330 e. The second-order valence-corrected chi connectivity index (χ2v) is 7.16. The normalized spacial score (nSPS) is 19.7. The third-order valence-electron chi connectivity index (χ3n) is 5.54. The van der Waals surface area contributed by atoms with E-state index < -0.39 is 0 Å². The Hall–Kier alpha value is -0.0400. The molecule has 1 heteroatoms. The van der Waals surface area contributed by atoms with Crippen molar-refractivity contribution in [2.24, 2.45) is 28.9 Å². The molecule has 19 heavy (non-hydrogen) atoms. The average Bonchev–Trinajstić information content (AvgIpc) is 2.37. The summed E-state index contributed by atoms with van der Waals surface area (Å²) in [5.74, 6) is 2.46. The van der Waals surface area contributed by atoms with Crippen molar-refractivity contribution in [1.82, 2.24) is 0 Å². The molecule has 0 saturated carbocycles. The molecule has 0 fully saturated rings. The average molecular weight is 270 g/mol. The van der Waals surface area contributed by atoms with Crippen molar-refractivity contribution in [3.8, 4) is 0 Å². The molecule has 0 aromatic heterocycles. The van der Waals surface area contributed by atoms with Crippen molar-refractivity contribution in [1.29, 1.82) is 0 Å². The molecular formula is C18H39N. The van der Waals surface area contributed by atoms with Gasteiger partial charge in [-0.2, -0.15) is 0 Å². The zero-order chi connectivity index (χ0) is 14.9. The van der Waals surface area contributed by atoms with E-state index in [1.807, 2.05) is 0 Å². The van der Waals surface area contributed by atoms with E-state index in [-0.39, 0.29) is 0 Å². The summed E-state index contributed by atoms with van der Waals surface area (Å²) in [5.41, 5.74) is 6.29. The van der Waals surface area contributed by atoms with E-state index in [9.17, 15) is 0 Å². The van der Waals surface area contributed by atoms with E-state index >= 15 is 0 Å². The maximum atomic E-state index is 5.86. The van der Waals surface area contributed by atoms with Crippen LogP contribution in [0.5, 0.6) is 0 Å². The molecule has 0 bridgehead atoms. The Morgan fingerprint density at radius 3 is 2.11 bits per heavy atom. The molecule has 0 aromatic rings. The van der Waals surface area contributed by atoms with Gasteiger partial charge in [-0.3, -0.25) is 0 Å². The van der Waals surface area contributed by atoms with Gasteiger partial charge >= 0.3 is 0 Å². The van der Waals surface area contributed by atoms with E-state index in [0.717, 1.165) is 24.3 Å². The summed E-state index contributed by atoms with van der Waals surface area (Å²) in [7, 11) is 0. The standard InChI is InChI=1S/C18H39N/c1-7-9-10-11-15(3)16(4)14-18(6,12-13-19)17(5)8-2/h15-17H,7-14,19H2,1-6H3/t15?,16-,17-,18?/m0/s1. The molecule has 0 saturated heterocycles. The van der Waals surface area contributed by atoms with Gasteiger partial charge in [-0.1, -0.05) is 73.6 Å². The summed E-state index contributed by atoms with van der Waals surface area (Å²) in [6.45, 7) is 15.2. The van der Waals surface area contributed by atoms with Crippen LogP contribution in [-0.2, 0) is 0 Å². The molecule has 1 nitrogen and oxygen atoms in total. The van der Waals surface area contributed by atoms with Crippen molar-refractivity contribution >= 4 is 0 Å². The zero-order valence-electron chi connectivity index (χ0n) is 14.5. The summed E-state index contributed by atoms with van der Waals surface area (Å²) in [6.07, 6.45) is 9.31. The second-order valence-electron chi connectivity index (χ2n) is 7.16. The smallest absolute Gasteiger partial charge is 0.00720 e. The lowest BCUT2D eigenvalue weighted by molar-refractivity contribution is 0.119. The molecule has 0 radical (unpaired) electrons. The van der Waals surface area contributed by atoms with Crippen LogP contribution in [-0.4, -0.2) is 6.54 Å². The summed E-state index contributed by atoms with van der Waals surface area (Å²) in [5, 5.41) is 0. The fraction of sp³-hybridized carbons (Fsp3) is 1.00. The molecule has 2 N–H and O–H groups in total. The van der Waals surface area contributed by atoms with E-state index in [1.165, 1.54) is 44.9 Å². The van der Waals surface area contributed by atoms with Crippen LogP contribution in [0.25, 0.3) is 0 Å². The van der Waals surface area contributed by atoms with E-state index in [4.69, 9.17) is 5.73 Å². The first-order valence-electron chi connectivity index (χ1n) is 8.61. The van der Waals surface area contributed by atoms with Crippen molar-refractivity contribution in [3.63, 3.8) is 0 Å². The van der Waals surface area contributed by atoms with E-state index in [2.05, 4.69) is 41.5 Å². The molecular weight excluding hydrogens is 230 g/mol. The highest BCUT2D eigenvalue weighted by Gasteiger charge is 2.32. The quantitative estimate of drug-likeness (QED) is 0.483. The van der Waals surface area contributed by atoms with Crippen LogP contribution in [0, 0.1) is 23.2 Å². The number of hydrogen-bond acceptors (Lipinski definition) is 1. The van der Waals surface area contributed by atoms with Crippen LogP contribution in [0.2, 0.25) is 0 Å². The molecule has 0 spiro atoms. The van der Waals surface area contributed by atoms with E-state index in [1.54, 1.807) is 0 Å². The van der Waals surface area contributed by atoms with Crippen LogP contribution in [0.4, 0.5) is 0 Å². The number of hydrogen-bond donors (Lipinski definition) is 1. The first-order valence-corrected chi connectivity index (χ1v) is 8.61. The third-order valence-corrected chi connectivity index (χ3v) is 5.54. The number of unbranched alkanes of at least 4 members (excludes halogenated alkanes) is 2. The molecule has 4 atom stereocenters. The number of rotatable bonds is 11. The van der Waals surface area contributed by atoms with Crippen LogP contribution in [0.3, 0.4) is 0 Å². The minimum absolute atomic E-state index is 0.432. The first-order chi connectivity index (χ1) is 8.91. The lowest BCUT2D eigenvalue weighted by atomic mass is 9.67. The van der Waals surface area contributed by atoms with Crippen molar-refractivity contribution in [2.45, 2.75) is 86.5 Å². The Balaban J connectivity index is 4.40. The molecule has 0 aliphatic carbocycles. The maximum Gasteiger partial charge on any atom is -0.00720 e. The van der Waals surface area contributed by atoms with Gasteiger partial charge in [-0.25, -0.2) is 0 Å².